The second kappa shape index (κ2) is 7.62. The Kier molecular flexibility index (Phi) is 6.48. The Morgan fingerprint density at radius 1 is 1.26 bits per heavy atom. The molecule has 0 bridgehead atoms. The SMILES string of the molecule is CCCOS(=O)c1ccc(OC(C)(C)CCO)cc1. The van der Waals surface area contributed by atoms with Crippen LogP contribution in [0.2, 0.25) is 0 Å². The zero-order valence-electron chi connectivity index (χ0n) is 11.7. The van der Waals surface area contributed by atoms with E-state index in [4.69, 9.17) is 14.0 Å². The molecule has 0 saturated heterocycles. The molecular formula is C14H22O4S. The van der Waals surface area contributed by atoms with Crippen LogP contribution in [-0.2, 0) is 15.3 Å². The molecule has 0 aliphatic carbocycles. The molecule has 0 aromatic heterocycles. The van der Waals surface area contributed by atoms with Crippen molar-refractivity contribution in [3.8, 4) is 5.75 Å². The Bertz CT molecular complexity index is 400. The first-order valence-corrected chi connectivity index (χ1v) is 7.51. The number of hydrogen-bond donors (Lipinski definition) is 1. The van der Waals surface area contributed by atoms with Gasteiger partial charge in [-0.05, 0) is 44.5 Å². The van der Waals surface area contributed by atoms with Crippen molar-refractivity contribution in [1.82, 2.24) is 0 Å². The van der Waals surface area contributed by atoms with Gasteiger partial charge < -0.3 is 9.84 Å². The average Bonchev–Trinajstić information content (AvgIpc) is 2.36. The van der Waals surface area contributed by atoms with Gasteiger partial charge in [0, 0.05) is 13.0 Å². The van der Waals surface area contributed by atoms with E-state index in [-0.39, 0.29) is 6.61 Å². The van der Waals surface area contributed by atoms with Gasteiger partial charge in [0.15, 0.2) is 11.1 Å². The summed E-state index contributed by atoms with van der Waals surface area (Å²) in [5, 5.41) is 8.94. The maximum absolute atomic E-state index is 11.7. The van der Waals surface area contributed by atoms with Crippen LogP contribution in [0.4, 0.5) is 0 Å². The van der Waals surface area contributed by atoms with E-state index in [1.165, 1.54) is 0 Å². The lowest BCUT2D eigenvalue weighted by atomic mass is 10.1. The lowest BCUT2D eigenvalue weighted by molar-refractivity contribution is 0.0764. The molecule has 1 rings (SSSR count). The van der Waals surface area contributed by atoms with Gasteiger partial charge in [-0.15, -0.1) is 0 Å². The van der Waals surface area contributed by atoms with Crippen LogP contribution in [0.1, 0.15) is 33.6 Å². The fourth-order valence-electron chi connectivity index (χ4n) is 1.49. The smallest absolute Gasteiger partial charge is 0.189 e. The Morgan fingerprint density at radius 3 is 2.42 bits per heavy atom. The van der Waals surface area contributed by atoms with Crippen molar-refractivity contribution in [1.29, 1.82) is 0 Å². The second-order valence-electron chi connectivity index (χ2n) is 4.86. The molecule has 1 aromatic rings. The molecule has 1 N–H and O–H groups in total. The highest BCUT2D eigenvalue weighted by molar-refractivity contribution is 7.80. The summed E-state index contributed by atoms with van der Waals surface area (Å²) in [7, 11) is 0. The lowest BCUT2D eigenvalue weighted by Crippen LogP contribution is -2.29. The van der Waals surface area contributed by atoms with Crippen LogP contribution in [0, 0.1) is 0 Å². The van der Waals surface area contributed by atoms with Crippen LogP contribution in [0.15, 0.2) is 29.2 Å². The van der Waals surface area contributed by atoms with Crippen molar-refractivity contribution in [3.63, 3.8) is 0 Å². The standard InChI is InChI=1S/C14H22O4S/c1-4-11-17-19(16)13-7-5-12(6-8-13)18-14(2,3)9-10-15/h5-8,15H,4,9-11H2,1-3H3. The molecule has 5 heteroatoms. The third-order valence-corrected chi connectivity index (χ3v) is 3.56. The first-order chi connectivity index (χ1) is 8.98. The van der Waals surface area contributed by atoms with Crippen molar-refractivity contribution in [3.05, 3.63) is 24.3 Å². The van der Waals surface area contributed by atoms with Crippen molar-refractivity contribution >= 4 is 11.1 Å². The van der Waals surface area contributed by atoms with Gasteiger partial charge in [0.25, 0.3) is 0 Å². The number of aliphatic hydroxyl groups is 1. The van der Waals surface area contributed by atoms with Gasteiger partial charge in [0.1, 0.15) is 11.4 Å². The fraction of sp³-hybridized carbons (Fsp3) is 0.571. The summed E-state index contributed by atoms with van der Waals surface area (Å²) < 4.78 is 22.6. The molecule has 108 valence electrons. The molecule has 0 saturated carbocycles. The number of hydrogen-bond acceptors (Lipinski definition) is 4. The van der Waals surface area contributed by atoms with E-state index in [0.717, 1.165) is 6.42 Å². The van der Waals surface area contributed by atoms with E-state index < -0.39 is 16.7 Å². The molecule has 0 radical (unpaired) electrons. The Morgan fingerprint density at radius 2 is 1.89 bits per heavy atom. The largest absolute Gasteiger partial charge is 0.488 e. The summed E-state index contributed by atoms with van der Waals surface area (Å²) in [4.78, 5) is 0.626. The minimum atomic E-state index is -1.41. The van der Waals surface area contributed by atoms with E-state index in [9.17, 15) is 4.21 Å². The van der Waals surface area contributed by atoms with Gasteiger partial charge in [0.2, 0.25) is 0 Å². The Hall–Kier alpha value is -0.910. The molecule has 0 aliphatic heterocycles. The number of aliphatic hydroxyl groups excluding tert-OH is 1. The molecule has 1 atom stereocenters. The highest BCUT2D eigenvalue weighted by Gasteiger charge is 2.19. The van der Waals surface area contributed by atoms with Crippen molar-refractivity contribution < 1.29 is 18.2 Å². The topological polar surface area (TPSA) is 55.8 Å². The lowest BCUT2D eigenvalue weighted by Gasteiger charge is -2.25. The molecule has 1 aromatic carbocycles. The third-order valence-electron chi connectivity index (χ3n) is 2.52. The summed E-state index contributed by atoms with van der Waals surface area (Å²) >= 11 is -1.41. The highest BCUT2D eigenvalue weighted by Crippen LogP contribution is 2.22. The Balaban J connectivity index is 2.63. The van der Waals surface area contributed by atoms with E-state index in [1.54, 1.807) is 24.3 Å². The fourth-order valence-corrected chi connectivity index (χ4v) is 2.30. The number of rotatable bonds is 8. The number of benzene rings is 1. The van der Waals surface area contributed by atoms with Crippen LogP contribution in [0.25, 0.3) is 0 Å². The van der Waals surface area contributed by atoms with Crippen molar-refractivity contribution in [2.75, 3.05) is 13.2 Å². The van der Waals surface area contributed by atoms with Gasteiger partial charge >= 0.3 is 0 Å². The summed E-state index contributed by atoms with van der Waals surface area (Å²) in [6.07, 6.45) is 1.39. The zero-order valence-corrected chi connectivity index (χ0v) is 12.5. The van der Waals surface area contributed by atoms with Crippen LogP contribution >= 0.6 is 0 Å². The molecule has 1 unspecified atom stereocenters. The van der Waals surface area contributed by atoms with Gasteiger partial charge in [-0.1, -0.05) is 6.92 Å². The van der Waals surface area contributed by atoms with Gasteiger partial charge in [-0.3, -0.25) is 4.18 Å². The number of ether oxygens (including phenoxy) is 1. The molecule has 19 heavy (non-hydrogen) atoms. The predicted molar refractivity (Wildman–Crippen MR) is 75.5 cm³/mol. The van der Waals surface area contributed by atoms with Crippen molar-refractivity contribution in [2.24, 2.45) is 0 Å². The van der Waals surface area contributed by atoms with Crippen LogP contribution < -0.4 is 4.74 Å². The molecule has 0 spiro atoms. The summed E-state index contributed by atoms with van der Waals surface area (Å²) in [5.41, 5.74) is -0.422. The summed E-state index contributed by atoms with van der Waals surface area (Å²) in [6.45, 7) is 6.37. The monoisotopic (exact) mass is 286 g/mol. The summed E-state index contributed by atoms with van der Waals surface area (Å²) in [6, 6.07) is 7.00. The minimum Gasteiger partial charge on any atom is -0.488 e. The van der Waals surface area contributed by atoms with E-state index in [1.807, 2.05) is 20.8 Å². The Labute approximate surface area is 117 Å². The quantitative estimate of drug-likeness (QED) is 0.798. The molecule has 4 nitrogen and oxygen atoms in total. The van der Waals surface area contributed by atoms with E-state index in [0.29, 0.717) is 23.7 Å². The van der Waals surface area contributed by atoms with Crippen LogP contribution in [0.3, 0.4) is 0 Å². The molecule has 0 amide bonds. The average molecular weight is 286 g/mol. The first-order valence-electron chi connectivity index (χ1n) is 6.43. The van der Waals surface area contributed by atoms with Crippen molar-refractivity contribution in [2.45, 2.75) is 44.1 Å². The van der Waals surface area contributed by atoms with Crippen LogP contribution in [-0.4, -0.2) is 28.1 Å². The minimum absolute atomic E-state index is 0.0833. The molecular weight excluding hydrogens is 264 g/mol. The third kappa shape index (κ3) is 5.72. The van der Waals surface area contributed by atoms with E-state index in [2.05, 4.69) is 0 Å². The van der Waals surface area contributed by atoms with Gasteiger partial charge in [-0.2, -0.15) is 0 Å². The highest BCUT2D eigenvalue weighted by atomic mass is 32.2. The molecule has 0 heterocycles. The summed E-state index contributed by atoms with van der Waals surface area (Å²) in [5.74, 6) is 0.690. The molecule has 0 aliphatic rings. The maximum atomic E-state index is 11.7. The molecule has 0 fully saturated rings. The van der Waals surface area contributed by atoms with Crippen LogP contribution in [0.5, 0.6) is 5.75 Å². The second-order valence-corrected chi connectivity index (χ2v) is 6.04. The van der Waals surface area contributed by atoms with Gasteiger partial charge in [0.05, 0.1) is 11.5 Å². The zero-order chi connectivity index (χ0) is 14.3. The normalized spacial score (nSPS) is 13.3. The van der Waals surface area contributed by atoms with Gasteiger partial charge in [-0.25, -0.2) is 4.21 Å². The first kappa shape index (κ1) is 16.1. The van der Waals surface area contributed by atoms with E-state index >= 15 is 0 Å². The predicted octanol–water partition coefficient (Wildman–Crippen LogP) is 2.68. The maximum Gasteiger partial charge on any atom is 0.189 e.